The summed E-state index contributed by atoms with van der Waals surface area (Å²) in [6, 6.07) is 0.815. The highest BCUT2D eigenvalue weighted by Gasteiger charge is 2.34. The molecule has 0 amide bonds. The molecule has 0 N–H and O–H groups in total. The zero-order valence-corrected chi connectivity index (χ0v) is 15.1. The van der Waals surface area contributed by atoms with E-state index >= 15 is 0 Å². The second-order valence-corrected chi connectivity index (χ2v) is 8.32. The quantitative estimate of drug-likeness (QED) is 0.520. The summed E-state index contributed by atoms with van der Waals surface area (Å²) in [5, 5.41) is 0. The van der Waals surface area contributed by atoms with Crippen LogP contribution in [0.5, 0.6) is 0 Å². The molecule has 0 bridgehead atoms. The Balaban J connectivity index is 5.72. The fourth-order valence-corrected chi connectivity index (χ4v) is 2.30. The van der Waals surface area contributed by atoms with Crippen molar-refractivity contribution < 1.29 is 0 Å². The smallest absolute Gasteiger partial charge is 0.105 e. The molecule has 0 rings (SSSR count). The van der Waals surface area contributed by atoms with Gasteiger partial charge >= 0.3 is 0 Å². The van der Waals surface area contributed by atoms with Gasteiger partial charge in [0.1, 0.15) is 5.84 Å². The average Bonchev–Trinajstić information content (AvgIpc) is 2.11. The molecule has 0 fully saturated rings. The average molecular weight is 268 g/mol. The number of hydrogen-bond donors (Lipinski definition) is 0. The molecule has 2 nitrogen and oxygen atoms in total. The highest BCUT2D eigenvalue weighted by Crippen LogP contribution is 2.28. The van der Waals surface area contributed by atoms with Gasteiger partial charge in [0.2, 0.25) is 0 Å². The molecule has 0 heterocycles. The third-order valence-electron chi connectivity index (χ3n) is 3.43. The van der Waals surface area contributed by atoms with E-state index in [1.54, 1.807) is 0 Å². The van der Waals surface area contributed by atoms with Crippen molar-refractivity contribution in [2.75, 3.05) is 0 Å². The Labute approximate surface area is 121 Å². The van der Waals surface area contributed by atoms with Crippen LogP contribution in [0.1, 0.15) is 76.2 Å². The van der Waals surface area contributed by atoms with Crippen molar-refractivity contribution >= 4 is 5.84 Å². The van der Waals surface area contributed by atoms with Gasteiger partial charge in [-0.1, -0.05) is 34.6 Å². The van der Waals surface area contributed by atoms with Gasteiger partial charge in [-0.15, -0.1) is 0 Å². The van der Waals surface area contributed by atoms with Crippen LogP contribution in [-0.2, 0) is 0 Å². The Hall–Kier alpha value is -0.530. The highest BCUT2D eigenvalue weighted by molar-refractivity contribution is 5.88. The van der Waals surface area contributed by atoms with Crippen LogP contribution >= 0.6 is 0 Å². The molecule has 19 heavy (non-hydrogen) atoms. The summed E-state index contributed by atoms with van der Waals surface area (Å²) < 4.78 is 0. The summed E-state index contributed by atoms with van der Waals surface area (Å²) in [5.41, 5.74) is 0.164. The van der Waals surface area contributed by atoms with Gasteiger partial charge < -0.3 is 4.90 Å². The normalized spacial score (nSPS) is 16.2. The van der Waals surface area contributed by atoms with Gasteiger partial charge in [-0.05, 0) is 47.5 Å². The second kappa shape index (κ2) is 6.28. The van der Waals surface area contributed by atoms with Crippen LogP contribution in [0.3, 0.4) is 0 Å². The predicted molar refractivity (Wildman–Crippen MR) is 87.9 cm³/mol. The molecule has 0 aromatic heterocycles. The van der Waals surface area contributed by atoms with E-state index in [0.29, 0.717) is 18.0 Å². The molecule has 0 spiro atoms. The van der Waals surface area contributed by atoms with E-state index in [1.165, 1.54) is 5.84 Å². The van der Waals surface area contributed by atoms with E-state index in [-0.39, 0.29) is 11.0 Å². The fraction of sp³-hybridized carbons (Fsp3) is 0.941. The minimum absolute atomic E-state index is 0.0701. The van der Waals surface area contributed by atoms with Crippen molar-refractivity contribution in [2.45, 2.75) is 93.8 Å². The molecule has 0 aliphatic rings. The maximum absolute atomic E-state index is 5.08. The lowest BCUT2D eigenvalue weighted by Gasteiger charge is -2.46. The maximum Gasteiger partial charge on any atom is 0.105 e. The Kier molecular flexibility index (Phi) is 6.10. The summed E-state index contributed by atoms with van der Waals surface area (Å²) in [4.78, 5) is 7.56. The lowest BCUT2D eigenvalue weighted by molar-refractivity contribution is 0.176. The van der Waals surface area contributed by atoms with E-state index in [1.807, 2.05) is 0 Å². The number of hydrogen-bond acceptors (Lipinski definition) is 1. The summed E-state index contributed by atoms with van der Waals surface area (Å²) in [7, 11) is 0. The van der Waals surface area contributed by atoms with Crippen molar-refractivity contribution in [2.24, 2.45) is 16.3 Å². The molecule has 0 radical (unpaired) electrons. The molecule has 0 saturated carbocycles. The van der Waals surface area contributed by atoms with E-state index in [0.717, 1.165) is 0 Å². The fourth-order valence-electron chi connectivity index (χ4n) is 2.30. The largest absolute Gasteiger partial charge is 0.353 e. The highest BCUT2D eigenvalue weighted by atomic mass is 15.3. The van der Waals surface area contributed by atoms with Crippen LogP contribution < -0.4 is 0 Å². The Morgan fingerprint density at radius 2 is 1.26 bits per heavy atom. The number of aliphatic imine (C=N–C) groups is 1. The van der Waals surface area contributed by atoms with E-state index in [4.69, 9.17) is 4.99 Å². The second-order valence-electron chi connectivity index (χ2n) is 8.32. The van der Waals surface area contributed by atoms with E-state index in [9.17, 15) is 0 Å². The number of rotatable bonds is 3. The van der Waals surface area contributed by atoms with Gasteiger partial charge in [0.15, 0.2) is 0 Å². The van der Waals surface area contributed by atoms with Crippen LogP contribution in [-0.4, -0.2) is 28.4 Å². The van der Waals surface area contributed by atoms with Crippen LogP contribution in [0, 0.1) is 11.3 Å². The first-order valence-corrected chi connectivity index (χ1v) is 7.66. The van der Waals surface area contributed by atoms with E-state index < -0.39 is 0 Å². The van der Waals surface area contributed by atoms with Gasteiger partial charge in [-0.3, -0.25) is 4.99 Å². The third-order valence-corrected chi connectivity index (χ3v) is 3.43. The summed E-state index contributed by atoms with van der Waals surface area (Å²) in [5.74, 6) is 1.81. The number of nitrogens with zero attached hydrogens (tertiary/aromatic N) is 2. The molecule has 0 aromatic rings. The van der Waals surface area contributed by atoms with Gasteiger partial charge in [0.05, 0.1) is 6.04 Å². The van der Waals surface area contributed by atoms with Gasteiger partial charge in [-0.25, -0.2) is 0 Å². The maximum atomic E-state index is 5.08. The van der Waals surface area contributed by atoms with Gasteiger partial charge in [0.25, 0.3) is 0 Å². The molecule has 0 aliphatic carbocycles. The predicted octanol–water partition coefficient (Wildman–Crippen LogP) is 4.98. The van der Waals surface area contributed by atoms with Crippen molar-refractivity contribution in [3.8, 4) is 0 Å². The minimum atomic E-state index is 0.0701. The summed E-state index contributed by atoms with van der Waals surface area (Å²) in [6.07, 6.45) is 0. The minimum Gasteiger partial charge on any atom is -0.353 e. The first-order chi connectivity index (χ1) is 8.28. The summed E-state index contributed by atoms with van der Waals surface area (Å²) >= 11 is 0. The van der Waals surface area contributed by atoms with E-state index in [2.05, 4.69) is 81.1 Å². The molecule has 0 saturated heterocycles. The van der Waals surface area contributed by atoms with Crippen LogP contribution in [0.4, 0.5) is 0 Å². The Bertz CT molecular complexity index is 300. The molecule has 114 valence electrons. The van der Waals surface area contributed by atoms with Gasteiger partial charge in [0, 0.05) is 17.0 Å². The Morgan fingerprint density at radius 1 is 0.842 bits per heavy atom. The summed E-state index contributed by atoms with van der Waals surface area (Å²) in [6.45, 7) is 24.8. The van der Waals surface area contributed by atoms with Gasteiger partial charge in [-0.2, -0.15) is 0 Å². The van der Waals surface area contributed by atoms with Crippen LogP contribution in [0.15, 0.2) is 4.99 Å². The molecule has 0 aliphatic heterocycles. The molecular formula is C17H36N2. The molecular weight excluding hydrogens is 232 g/mol. The molecule has 1 unspecified atom stereocenters. The zero-order valence-electron chi connectivity index (χ0n) is 15.1. The van der Waals surface area contributed by atoms with Crippen LogP contribution in [0.25, 0.3) is 0 Å². The van der Waals surface area contributed by atoms with Crippen molar-refractivity contribution in [3.63, 3.8) is 0 Å². The monoisotopic (exact) mass is 268 g/mol. The zero-order chi connectivity index (χ0) is 15.6. The molecule has 1 atom stereocenters. The van der Waals surface area contributed by atoms with Crippen molar-refractivity contribution in [1.29, 1.82) is 0 Å². The first kappa shape index (κ1) is 18.5. The van der Waals surface area contributed by atoms with Crippen molar-refractivity contribution in [1.82, 2.24) is 4.90 Å². The SMILES string of the molecule is CC(C)C(C)N=C(N(C(C)C)C(C)(C)C)C(C)(C)C. The topological polar surface area (TPSA) is 15.6 Å². The lowest BCUT2D eigenvalue weighted by atomic mass is 9.89. The Morgan fingerprint density at radius 3 is 1.47 bits per heavy atom. The third kappa shape index (κ3) is 5.54. The lowest BCUT2D eigenvalue weighted by Crippen LogP contribution is -2.54. The molecule has 0 aromatic carbocycles. The molecule has 2 heteroatoms. The van der Waals surface area contributed by atoms with Crippen LogP contribution in [0.2, 0.25) is 0 Å². The standard InChI is InChI=1S/C17H36N2/c1-12(2)14(5)18-15(16(6,7)8)19(13(3)4)17(9,10)11/h12-14H,1-11H3. The van der Waals surface area contributed by atoms with Crippen molar-refractivity contribution in [3.05, 3.63) is 0 Å². The number of amidine groups is 1. The first-order valence-electron chi connectivity index (χ1n) is 7.66.